The SMILES string of the molecule is CC(C)CC1(C(=O)c2ccc(OC(C)C)cc2)CCCC1. The highest BCUT2D eigenvalue weighted by Crippen LogP contribution is 2.45. The molecule has 0 heterocycles. The molecule has 1 saturated carbocycles. The monoisotopic (exact) mass is 288 g/mol. The summed E-state index contributed by atoms with van der Waals surface area (Å²) in [6, 6.07) is 7.71. The lowest BCUT2D eigenvalue weighted by atomic mass is 9.73. The summed E-state index contributed by atoms with van der Waals surface area (Å²) < 4.78 is 5.65. The third-order valence-corrected chi connectivity index (χ3v) is 4.33. The van der Waals surface area contributed by atoms with Gasteiger partial charge in [0.1, 0.15) is 5.75 Å². The van der Waals surface area contributed by atoms with Gasteiger partial charge in [-0.05, 0) is 63.3 Å². The molecule has 2 rings (SSSR count). The van der Waals surface area contributed by atoms with E-state index in [2.05, 4.69) is 13.8 Å². The van der Waals surface area contributed by atoms with Gasteiger partial charge in [0.25, 0.3) is 0 Å². The van der Waals surface area contributed by atoms with Gasteiger partial charge in [0.05, 0.1) is 6.10 Å². The summed E-state index contributed by atoms with van der Waals surface area (Å²) in [5.41, 5.74) is 0.725. The van der Waals surface area contributed by atoms with E-state index in [4.69, 9.17) is 4.74 Å². The first-order chi connectivity index (χ1) is 9.93. The zero-order valence-corrected chi connectivity index (χ0v) is 13.8. The van der Waals surface area contributed by atoms with Crippen LogP contribution in [0, 0.1) is 11.3 Å². The molecule has 0 atom stereocenters. The Morgan fingerprint density at radius 3 is 2.14 bits per heavy atom. The smallest absolute Gasteiger partial charge is 0.169 e. The highest BCUT2D eigenvalue weighted by atomic mass is 16.5. The van der Waals surface area contributed by atoms with Crippen molar-refractivity contribution in [3.63, 3.8) is 0 Å². The number of hydrogen-bond acceptors (Lipinski definition) is 2. The summed E-state index contributed by atoms with van der Waals surface area (Å²) in [5.74, 6) is 1.74. The maximum absolute atomic E-state index is 13.0. The molecule has 2 nitrogen and oxygen atoms in total. The van der Waals surface area contributed by atoms with Crippen molar-refractivity contribution in [2.45, 2.75) is 65.9 Å². The van der Waals surface area contributed by atoms with Gasteiger partial charge in [-0.1, -0.05) is 26.7 Å². The van der Waals surface area contributed by atoms with Crippen LogP contribution in [0.15, 0.2) is 24.3 Å². The van der Waals surface area contributed by atoms with E-state index in [0.29, 0.717) is 11.7 Å². The Morgan fingerprint density at radius 2 is 1.67 bits per heavy atom. The van der Waals surface area contributed by atoms with Crippen molar-refractivity contribution >= 4 is 5.78 Å². The number of Topliss-reactive ketones (excluding diaryl/α,β-unsaturated/α-hetero) is 1. The van der Waals surface area contributed by atoms with Crippen LogP contribution in [0.2, 0.25) is 0 Å². The zero-order valence-electron chi connectivity index (χ0n) is 13.8. The van der Waals surface area contributed by atoms with Gasteiger partial charge in [0.2, 0.25) is 0 Å². The van der Waals surface area contributed by atoms with Gasteiger partial charge >= 0.3 is 0 Å². The Balaban J connectivity index is 2.17. The van der Waals surface area contributed by atoms with Gasteiger partial charge in [-0.25, -0.2) is 0 Å². The maximum atomic E-state index is 13.0. The van der Waals surface area contributed by atoms with Crippen molar-refractivity contribution < 1.29 is 9.53 Å². The number of carbonyl (C=O) groups excluding carboxylic acids is 1. The van der Waals surface area contributed by atoms with E-state index in [1.54, 1.807) is 0 Å². The molecule has 0 bridgehead atoms. The van der Waals surface area contributed by atoms with Gasteiger partial charge < -0.3 is 4.74 Å². The van der Waals surface area contributed by atoms with Gasteiger partial charge in [-0.15, -0.1) is 0 Å². The minimum absolute atomic E-state index is 0.116. The molecule has 0 radical (unpaired) electrons. The number of ketones is 1. The lowest BCUT2D eigenvalue weighted by Gasteiger charge is -2.29. The second-order valence-electron chi connectivity index (χ2n) is 7.11. The van der Waals surface area contributed by atoms with E-state index in [0.717, 1.165) is 30.6 Å². The van der Waals surface area contributed by atoms with E-state index >= 15 is 0 Å². The number of benzene rings is 1. The fourth-order valence-corrected chi connectivity index (χ4v) is 3.62. The minimum atomic E-state index is -0.116. The standard InChI is InChI=1S/C19H28O2/c1-14(2)13-19(11-5-6-12-19)18(20)16-7-9-17(10-8-16)21-15(3)4/h7-10,14-15H,5-6,11-13H2,1-4H3. The summed E-state index contributed by atoms with van der Waals surface area (Å²) >= 11 is 0. The van der Waals surface area contributed by atoms with Crippen molar-refractivity contribution in [2.75, 3.05) is 0 Å². The normalized spacial score (nSPS) is 17.4. The van der Waals surface area contributed by atoms with Crippen LogP contribution < -0.4 is 4.74 Å². The van der Waals surface area contributed by atoms with E-state index in [-0.39, 0.29) is 11.5 Å². The number of ether oxygens (including phenoxy) is 1. The lowest BCUT2D eigenvalue weighted by molar-refractivity contribution is 0.0760. The van der Waals surface area contributed by atoms with Crippen LogP contribution in [0.25, 0.3) is 0 Å². The van der Waals surface area contributed by atoms with Crippen LogP contribution in [0.5, 0.6) is 5.75 Å². The molecule has 0 saturated heterocycles. The fourth-order valence-electron chi connectivity index (χ4n) is 3.62. The molecule has 0 aromatic heterocycles. The summed E-state index contributed by atoms with van der Waals surface area (Å²) in [6.45, 7) is 8.45. The molecule has 1 fully saturated rings. The maximum Gasteiger partial charge on any atom is 0.169 e. The molecule has 1 aromatic rings. The van der Waals surface area contributed by atoms with Gasteiger partial charge in [-0.3, -0.25) is 4.79 Å². The molecular formula is C19H28O2. The average Bonchev–Trinajstić information content (AvgIpc) is 2.87. The third-order valence-electron chi connectivity index (χ3n) is 4.33. The van der Waals surface area contributed by atoms with Gasteiger partial charge in [-0.2, -0.15) is 0 Å². The average molecular weight is 288 g/mol. The van der Waals surface area contributed by atoms with Gasteiger partial charge in [0.15, 0.2) is 5.78 Å². The first-order valence-corrected chi connectivity index (χ1v) is 8.24. The second kappa shape index (κ2) is 6.64. The van der Waals surface area contributed by atoms with Crippen molar-refractivity contribution in [2.24, 2.45) is 11.3 Å². The Labute approximate surface area is 128 Å². The first-order valence-electron chi connectivity index (χ1n) is 8.24. The molecule has 0 amide bonds. The van der Waals surface area contributed by atoms with Crippen LogP contribution in [-0.2, 0) is 0 Å². The zero-order chi connectivity index (χ0) is 15.5. The topological polar surface area (TPSA) is 26.3 Å². The second-order valence-corrected chi connectivity index (χ2v) is 7.11. The molecule has 21 heavy (non-hydrogen) atoms. The largest absolute Gasteiger partial charge is 0.491 e. The first kappa shape index (κ1) is 16.1. The number of hydrogen-bond donors (Lipinski definition) is 0. The van der Waals surface area contributed by atoms with Crippen LogP contribution in [-0.4, -0.2) is 11.9 Å². The van der Waals surface area contributed by atoms with E-state index in [1.165, 1.54) is 12.8 Å². The summed E-state index contributed by atoms with van der Waals surface area (Å²) in [7, 11) is 0. The predicted molar refractivity (Wildman–Crippen MR) is 86.9 cm³/mol. The summed E-state index contributed by atoms with van der Waals surface area (Å²) in [6.07, 6.45) is 5.65. The number of rotatable bonds is 6. The third kappa shape index (κ3) is 3.87. The Kier molecular flexibility index (Phi) is 5.08. The molecule has 0 spiro atoms. The van der Waals surface area contributed by atoms with E-state index < -0.39 is 0 Å². The van der Waals surface area contributed by atoms with Crippen LogP contribution in [0.3, 0.4) is 0 Å². The fraction of sp³-hybridized carbons (Fsp3) is 0.632. The highest BCUT2D eigenvalue weighted by Gasteiger charge is 2.41. The number of carbonyl (C=O) groups is 1. The quantitative estimate of drug-likeness (QED) is 0.667. The van der Waals surface area contributed by atoms with Crippen molar-refractivity contribution in [3.8, 4) is 5.75 Å². The van der Waals surface area contributed by atoms with Crippen LogP contribution in [0.4, 0.5) is 0 Å². The Bertz CT molecular complexity index is 465. The molecule has 2 heteroatoms. The predicted octanol–water partition coefficient (Wildman–Crippen LogP) is 5.26. The Hall–Kier alpha value is -1.31. The lowest BCUT2D eigenvalue weighted by Crippen LogP contribution is -2.29. The van der Waals surface area contributed by atoms with Crippen molar-refractivity contribution in [3.05, 3.63) is 29.8 Å². The summed E-state index contributed by atoms with van der Waals surface area (Å²) in [5, 5.41) is 0. The van der Waals surface area contributed by atoms with E-state index in [1.807, 2.05) is 38.1 Å². The molecule has 0 aliphatic heterocycles. The molecule has 116 valence electrons. The highest BCUT2D eigenvalue weighted by molar-refractivity contribution is 6.00. The summed E-state index contributed by atoms with van der Waals surface area (Å²) in [4.78, 5) is 13.0. The molecule has 1 aliphatic rings. The minimum Gasteiger partial charge on any atom is -0.491 e. The van der Waals surface area contributed by atoms with Crippen molar-refractivity contribution in [1.29, 1.82) is 0 Å². The van der Waals surface area contributed by atoms with E-state index in [9.17, 15) is 4.79 Å². The molecule has 1 aliphatic carbocycles. The van der Waals surface area contributed by atoms with Gasteiger partial charge in [0, 0.05) is 11.0 Å². The molecule has 1 aromatic carbocycles. The Morgan fingerprint density at radius 1 is 1.10 bits per heavy atom. The molecule has 0 N–H and O–H groups in total. The van der Waals surface area contributed by atoms with Crippen LogP contribution in [0.1, 0.15) is 70.2 Å². The molecule has 0 unspecified atom stereocenters. The van der Waals surface area contributed by atoms with Crippen molar-refractivity contribution in [1.82, 2.24) is 0 Å². The molecular weight excluding hydrogens is 260 g/mol. The van der Waals surface area contributed by atoms with Crippen LogP contribution >= 0.6 is 0 Å².